The molecule has 0 atom stereocenters. The minimum absolute atomic E-state index is 0.205. The summed E-state index contributed by atoms with van der Waals surface area (Å²) in [6.45, 7) is 0.772. The van der Waals surface area contributed by atoms with Crippen molar-refractivity contribution in [3.63, 3.8) is 0 Å². The van der Waals surface area contributed by atoms with Crippen molar-refractivity contribution in [3.05, 3.63) is 59.1 Å². The number of hydrogen-bond donors (Lipinski definition) is 2. The van der Waals surface area contributed by atoms with Gasteiger partial charge in [-0.3, -0.25) is 15.0 Å². The quantitative estimate of drug-likeness (QED) is 0.548. The zero-order chi connectivity index (χ0) is 17.1. The van der Waals surface area contributed by atoms with E-state index >= 15 is 0 Å². The van der Waals surface area contributed by atoms with Crippen LogP contribution in [0.1, 0.15) is 10.4 Å². The van der Waals surface area contributed by atoms with Crippen LogP contribution in [0.3, 0.4) is 0 Å². The summed E-state index contributed by atoms with van der Waals surface area (Å²) >= 11 is 5.91. The molecule has 0 aliphatic carbocycles. The Morgan fingerprint density at radius 3 is 2.96 bits per heavy atom. The van der Waals surface area contributed by atoms with Crippen LogP contribution in [0.2, 0.25) is 5.02 Å². The van der Waals surface area contributed by atoms with Crippen LogP contribution in [0.15, 0.2) is 42.7 Å². The van der Waals surface area contributed by atoms with Crippen molar-refractivity contribution >= 4 is 28.5 Å². The molecule has 1 amide bonds. The number of nitrogens with one attached hydrogen (secondary N) is 1. The van der Waals surface area contributed by atoms with E-state index in [1.807, 2.05) is 10.8 Å². The summed E-state index contributed by atoms with van der Waals surface area (Å²) in [6.07, 6.45) is 3.20. The molecule has 6 nitrogen and oxygen atoms in total. The molecule has 8 heteroatoms. The number of hydroxylamine groups is 1. The zero-order valence-corrected chi connectivity index (χ0v) is 13.1. The maximum atomic E-state index is 13.0. The van der Waals surface area contributed by atoms with E-state index in [1.165, 1.54) is 24.4 Å². The Bertz CT molecular complexity index is 897. The molecule has 0 saturated carbocycles. The normalized spacial score (nSPS) is 10.8. The van der Waals surface area contributed by atoms with Crippen molar-refractivity contribution in [3.8, 4) is 5.75 Å². The van der Waals surface area contributed by atoms with E-state index in [1.54, 1.807) is 17.6 Å². The molecule has 1 aromatic carbocycles. The molecule has 24 heavy (non-hydrogen) atoms. The minimum atomic E-state index is -0.633. The number of pyridine rings is 1. The van der Waals surface area contributed by atoms with E-state index in [0.717, 1.165) is 5.52 Å². The van der Waals surface area contributed by atoms with Crippen LogP contribution in [-0.4, -0.2) is 27.3 Å². The molecule has 2 aromatic heterocycles. The summed E-state index contributed by atoms with van der Waals surface area (Å²) in [4.78, 5) is 15.6. The summed E-state index contributed by atoms with van der Waals surface area (Å²) in [5.41, 5.74) is 3.26. The number of carbonyl (C=O) groups excluding carboxylic acids is 1. The number of ether oxygens (including phenoxy) is 1. The van der Waals surface area contributed by atoms with Crippen molar-refractivity contribution in [1.29, 1.82) is 0 Å². The molecule has 0 bridgehead atoms. The van der Waals surface area contributed by atoms with Crippen LogP contribution in [0.25, 0.3) is 11.0 Å². The lowest BCUT2D eigenvalue weighted by Gasteiger charge is -2.10. The highest BCUT2D eigenvalue weighted by molar-refractivity contribution is 6.32. The SMILES string of the molecule is O=C(NO)c1cnc2ccn(CCOc3ccc(F)cc3Cl)c2c1. The second-order valence-corrected chi connectivity index (χ2v) is 5.41. The number of amides is 1. The fourth-order valence-corrected chi connectivity index (χ4v) is 2.51. The van der Waals surface area contributed by atoms with E-state index in [4.69, 9.17) is 21.5 Å². The number of carbonyl (C=O) groups is 1. The Hall–Kier alpha value is -2.64. The Labute approximate surface area is 141 Å². The summed E-state index contributed by atoms with van der Waals surface area (Å²) in [7, 11) is 0. The zero-order valence-electron chi connectivity index (χ0n) is 12.4. The summed E-state index contributed by atoms with van der Waals surface area (Å²) < 4.78 is 20.4. The monoisotopic (exact) mass is 349 g/mol. The van der Waals surface area contributed by atoms with Crippen molar-refractivity contribution in [2.24, 2.45) is 0 Å². The lowest BCUT2D eigenvalue weighted by molar-refractivity contribution is 0.0706. The van der Waals surface area contributed by atoms with Gasteiger partial charge in [-0.05, 0) is 30.3 Å². The number of benzene rings is 1. The van der Waals surface area contributed by atoms with Crippen molar-refractivity contribution in [1.82, 2.24) is 15.0 Å². The molecule has 3 aromatic rings. The van der Waals surface area contributed by atoms with Crippen LogP contribution >= 0.6 is 11.6 Å². The molecular formula is C16H13ClFN3O3. The van der Waals surface area contributed by atoms with E-state index in [0.29, 0.717) is 24.4 Å². The number of halogens is 2. The van der Waals surface area contributed by atoms with Gasteiger partial charge in [0, 0.05) is 12.4 Å². The lowest BCUT2D eigenvalue weighted by Crippen LogP contribution is -2.18. The summed E-state index contributed by atoms with van der Waals surface area (Å²) in [5.74, 6) is -0.663. The van der Waals surface area contributed by atoms with Crippen LogP contribution in [-0.2, 0) is 6.54 Å². The third kappa shape index (κ3) is 3.32. The highest BCUT2D eigenvalue weighted by Crippen LogP contribution is 2.25. The van der Waals surface area contributed by atoms with Gasteiger partial charge in [0.2, 0.25) is 0 Å². The van der Waals surface area contributed by atoms with Gasteiger partial charge in [0.25, 0.3) is 5.91 Å². The number of nitrogens with zero attached hydrogens (tertiary/aromatic N) is 2. The van der Waals surface area contributed by atoms with Gasteiger partial charge in [0.1, 0.15) is 18.2 Å². The predicted octanol–water partition coefficient (Wildman–Crippen LogP) is 3.03. The molecule has 0 saturated heterocycles. The molecule has 0 spiro atoms. The van der Waals surface area contributed by atoms with Crippen molar-refractivity contribution in [2.45, 2.75) is 6.54 Å². The maximum Gasteiger partial charge on any atom is 0.276 e. The van der Waals surface area contributed by atoms with Crippen LogP contribution in [0.4, 0.5) is 4.39 Å². The molecule has 0 unspecified atom stereocenters. The fraction of sp³-hybridized carbons (Fsp3) is 0.125. The van der Waals surface area contributed by atoms with Gasteiger partial charge in [-0.1, -0.05) is 11.6 Å². The third-order valence-electron chi connectivity index (χ3n) is 3.47. The maximum absolute atomic E-state index is 13.0. The third-order valence-corrected chi connectivity index (χ3v) is 3.76. The van der Waals surface area contributed by atoms with Gasteiger partial charge < -0.3 is 9.30 Å². The molecular weight excluding hydrogens is 337 g/mol. The Morgan fingerprint density at radius 2 is 2.21 bits per heavy atom. The van der Waals surface area contributed by atoms with E-state index in [2.05, 4.69) is 4.98 Å². The molecule has 0 aliphatic heterocycles. The molecule has 124 valence electrons. The van der Waals surface area contributed by atoms with Gasteiger partial charge in [0.15, 0.2) is 0 Å². The van der Waals surface area contributed by atoms with Gasteiger partial charge in [0.05, 0.1) is 28.2 Å². The summed E-state index contributed by atoms with van der Waals surface area (Å²) in [6, 6.07) is 7.36. The van der Waals surface area contributed by atoms with Gasteiger partial charge >= 0.3 is 0 Å². The van der Waals surface area contributed by atoms with Gasteiger partial charge in [-0.25, -0.2) is 9.87 Å². The number of aromatic nitrogens is 2. The molecule has 2 heterocycles. The van der Waals surface area contributed by atoms with E-state index in [9.17, 15) is 9.18 Å². The second kappa shape index (κ2) is 6.86. The Morgan fingerprint density at radius 1 is 1.38 bits per heavy atom. The summed E-state index contributed by atoms with van der Waals surface area (Å²) in [5, 5.41) is 8.90. The molecule has 0 radical (unpaired) electrons. The predicted molar refractivity (Wildman–Crippen MR) is 85.9 cm³/mol. The van der Waals surface area contributed by atoms with Crippen LogP contribution in [0, 0.1) is 5.82 Å². The lowest BCUT2D eigenvalue weighted by atomic mass is 10.2. The average Bonchev–Trinajstić information content (AvgIpc) is 2.98. The number of rotatable bonds is 5. The fourth-order valence-electron chi connectivity index (χ4n) is 2.29. The molecule has 0 fully saturated rings. The smallest absolute Gasteiger partial charge is 0.276 e. The first-order valence-electron chi connectivity index (χ1n) is 7.05. The average molecular weight is 350 g/mol. The standard InChI is InChI=1S/C16H13ClFN3O3/c17-12-8-11(18)1-2-15(12)24-6-5-21-4-3-13-14(21)7-10(9-19-13)16(22)20-23/h1-4,7-9,23H,5-6H2,(H,20,22). The van der Waals surface area contributed by atoms with Crippen molar-refractivity contribution in [2.75, 3.05) is 6.61 Å². The van der Waals surface area contributed by atoms with Crippen LogP contribution < -0.4 is 10.2 Å². The molecule has 3 rings (SSSR count). The first kappa shape index (κ1) is 16.2. The van der Waals surface area contributed by atoms with E-state index in [-0.39, 0.29) is 10.6 Å². The molecule has 2 N–H and O–H groups in total. The van der Waals surface area contributed by atoms with Gasteiger partial charge in [-0.2, -0.15) is 0 Å². The number of fused-ring (bicyclic) bond motifs is 1. The highest BCUT2D eigenvalue weighted by atomic mass is 35.5. The van der Waals surface area contributed by atoms with Crippen LogP contribution in [0.5, 0.6) is 5.75 Å². The van der Waals surface area contributed by atoms with Gasteiger partial charge in [-0.15, -0.1) is 0 Å². The topological polar surface area (TPSA) is 76.4 Å². The Balaban J connectivity index is 1.74. The number of hydrogen-bond acceptors (Lipinski definition) is 4. The first-order chi connectivity index (χ1) is 11.6. The first-order valence-corrected chi connectivity index (χ1v) is 7.43. The largest absolute Gasteiger partial charge is 0.490 e. The Kier molecular flexibility index (Phi) is 4.64. The minimum Gasteiger partial charge on any atom is -0.490 e. The second-order valence-electron chi connectivity index (χ2n) is 5.00. The van der Waals surface area contributed by atoms with Crippen molar-refractivity contribution < 1.29 is 19.1 Å². The van der Waals surface area contributed by atoms with E-state index < -0.39 is 11.7 Å². The highest BCUT2D eigenvalue weighted by Gasteiger charge is 2.09. The molecule has 0 aliphatic rings.